The van der Waals surface area contributed by atoms with Crippen molar-refractivity contribution in [1.82, 2.24) is 10.2 Å². The van der Waals surface area contributed by atoms with Crippen LogP contribution in [0.25, 0.3) is 0 Å². The molecule has 1 saturated heterocycles. The molecule has 1 fully saturated rings. The fourth-order valence-electron chi connectivity index (χ4n) is 3.42. The lowest BCUT2D eigenvalue weighted by Crippen LogP contribution is -2.46. The van der Waals surface area contributed by atoms with Crippen LogP contribution >= 0.6 is 0 Å². The van der Waals surface area contributed by atoms with Crippen LogP contribution in [0.5, 0.6) is 0 Å². The molecular weight excluding hydrogens is 382 g/mol. The van der Waals surface area contributed by atoms with Gasteiger partial charge in [0.1, 0.15) is 0 Å². The van der Waals surface area contributed by atoms with Crippen molar-refractivity contribution in [3.05, 3.63) is 65.2 Å². The van der Waals surface area contributed by atoms with Crippen LogP contribution in [-0.4, -0.2) is 35.4 Å². The van der Waals surface area contributed by atoms with Gasteiger partial charge in [-0.15, -0.1) is 0 Å². The minimum absolute atomic E-state index is 0.114. The van der Waals surface area contributed by atoms with Crippen molar-refractivity contribution < 1.29 is 19.1 Å². The molecule has 2 unspecified atom stereocenters. The second-order valence-electron chi connectivity index (χ2n) is 7.28. The van der Waals surface area contributed by atoms with Crippen LogP contribution in [0.3, 0.4) is 0 Å². The van der Waals surface area contributed by atoms with E-state index >= 15 is 0 Å². The van der Waals surface area contributed by atoms with Crippen molar-refractivity contribution in [1.29, 1.82) is 0 Å². The highest BCUT2D eigenvalue weighted by Gasteiger charge is 2.46. The first kappa shape index (κ1) is 21.4. The van der Waals surface area contributed by atoms with Gasteiger partial charge in [0.15, 0.2) is 12.1 Å². The maximum Gasteiger partial charge on any atom is 0.411 e. The summed E-state index contributed by atoms with van der Waals surface area (Å²) in [6.45, 7) is 6.30. The van der Waals surface area contributed by atoms with E-state index in [1.54, 1.807) is 31.2 Å². The number of benzene rings is 2. The summed E-state index contributed by atoms with van der Waals surface area (Å²) in [6, 6.07) is 14.1. The van der Waals surface area contributed by atoms with Crippen LogP contribution < -0.4 is 10.6 Å². The summed E-state index contributed by atoms with van der Waals surface area (Å²) < 4.78 is 5.64. The zero-order chi connectivity index (χ0) is 21.7. The molecule has 2 aromatic carbocycles. The Hall–Kier alpha value is -3.35. The van der Waals surface area contributed by atoms with Gasteiger partial charge in [-0.3, -0.25) is 14.5 Å². The van der Waals surface area contributed by atoms with Gasteiger partial charge in [0.2, 0.25) is 11.8 Å². The Bertz CT molecular complexity index is 926. The average Bonchev–Trinajstić information content (AvgIpc) is 3.06. The van der Waals surface area contributed by atoms with Gasteiger partial charge < -0.3 is 15.4 Å². The highest BCUT2D eigenvalue weighted by molar-refractivity contribution is 5.91. The molecule has 0 aromatic heterocycles. The van der Waals surface area contributed by atoms with Gasteiger partial charge in [-0.25, -0.2) is 4.79 Å². The largest absolute Gasteiger partial charge is 0.438 e. The third-order valence-electron chi connectivity index (χ3n) is 5.00. The van der Waals surface area contributed by atoms with Crippen molar-refractivity contribution in [3.8, 4) is 0 Å². The number of nitrogens with zero attached hydrogens (tertiary/aromatic N) is 1. The quantitative estimate of drug-likeness (QED) is 0.732. The van der Waals surface area contributed by atoms with Gasteiger partial charge in [0.25, 0.3) is 0 Å². The zero-order valence-electron chi connectivity index (χ0n) is 17.5. The van der Waals surface area contributed by atoms with E-state index in [9.17, 15) is 14.4 Å². The highest BCUT2D eigenvalue weighted by Crippen LogP contribution is 2.35. The molecule has 7 heteroatoms. The Labute approximate surface area is 176 Å². The molecule has 3 amide bonds. The molecule has 0 spiro atoms. The smallest absolute Gasteiger partial charge is 0.411 e. The summed E-state index contributed by atoms with van der Waals surface area (Å²) in [7, 11) is 0. The van der Waals surface area contributed by atoms with Crippen molar-refractivity contribution in [2.75, 3.05) is 11.9 Å². The van der Waals surface area contributed by atoms with Crippen LogP contribution in [0, 0.1) is 6.92 Å². The summed E-state index contributed by atoms with van der Waals surface area (Å²) in [5.74, 6) is -0.389. The van der Waals surface area contributed by atoms with E-state index in [-0.39, 0.29) is 18.4 Å². The van der Waals surface area contributed by atoms with Crippen molar-refractivity contribution in [3.63, 3.8) is 0 Å². The summed E-state index contributed by atoms with van der Waals surface area (Å²) in [6.07, 6.45) is -0.957. The Morgan fingerprint density at radius 2 is 1.83 bits per heavy atom. The fourth-order valence-corrected chi connectivity index (χ4v) is 3.42. The zero-order valence-corrected chi connectivity index (χ0v) is 17.5. The monoisotopic (exact) mass is 409 g/mol. The SMILES string of the molecule is CCNC(=O)C1C(c2cccc(NC(=O)CC)c2)OC(=O)N1Cc1ccc(C)cc1. The summed E-state index contributed by atoms with van der Waals surface area (Å²) in [5, 5.41) is 5.60. The first-order valence-corrected chi connectivity index (χ1v) is 10.1. The third-order valence-corrected chi connectivity index (χ3v) is 5.00. The topological polar surface area (TPSA) is 87.7 Å². The number of carbonyl (C=O) groups is 3. The number of aryl methyl sites for hydroxylation is 1. The summed E-state index contributed by atoms with van der Waals surface area (Å²) in [4.78, 5) is 38.8. The Kier molecular flexibility index (Phi) is 6.72. The van der Waals surface area contributed by atoms with E-state index in [2.05, 4.69) is 10.6 Å². The second-order valence-corrected chi connectivity index (χ2v) is 7.28. The van der Waals surface area contributed by atoms with Crippen LogP contribution in [0.15, 0.2) is 48.5 Å². The van der Waals surface area contributed by atoms with Gasteiger partial charge >= 0.3 is 6.09 Å². The number of nitrogens with one attached hydrogen (secondary N) is 2. The van der Waals surface area contributed by atoms with E-state index in [0.29, 0.717) is 24.2 Å². The standard InChI is InChI=1S/C23H27N3O4/c1-4-19(27)25-18-8-6-7-17(13-18)21-20(22(28)24-5-2)26(23(29)30-21)14-16-11-9-15(3)10-12-16/h6-13,20-21H,4-5,14H2,1-3H3,(H,24,28)(H,25,27). The minimum Gasteiger partial charge on any atom is -0.438 e. The number of likely N-dealkylation sites (N-methyl/N-ethyl adjacent to an activating group) is 1. The lowest BCUT2D eigenvalue weighted by Gasteiger charge is -2.24. The molecule has 0 bridgehead atoms. The van der Waals surface area contributed by atoms with Crippen LogP contribution in [0.1, 0.15) is 43.1 Å². The van der Waals surface area contributed by atoms with E-state index < -0.39 is 18.2 Å². The predicted molar refractivity (Wildman–Crippen MR) is 114 cm³/mol. The van der Waals surface area contributed by atoms with E-state index in [4.69, 9.17) is 4.74 Å². The molecule has 1 aliphatic heterocycles. The van der Waals surface area contributed by atoms with Gasteiger partial charge in [0, 0.05) is 18.7 Å². The fraction of sp³-hybridized carbons (Fsp3) is 0.348. The molecule has 2 aromatic rings. The van der Waals surface area contributed by atoms with Crippen LogP contribution in [0.2, 0.25) is 0 Å². The van der Waals surface area contributed by atoms with Crippen LogP contribution in [-0.2, 0) is 20.9 Å². The number of ether oxygens (including phenoxy) is 1. The van der Waals surface area contributed by atoms with Gasteiger partial charge in [-0.05, 0) is 37.1 Å². The normalized spacial score (nSPS) is 18.1. The number of anilines is 1. The molecule has 3 rings (SSSR count). The first-order chi connectivity index (χ1) is 14.4. The minimum atomic E-state index is -0.809. The molecule has 158 valence electrons. The number of hydrogen-bond acceptors (Lipinski definition) is 4. The molecule has 2 N–H and O–H groups in total. The maximum atomic E-state index is 12.9. The molecule has 2 atom stereocenters. The maximum absolute atomic E-state index is 12.9. The Balaban J connectivity index is 1.90. The number of rotatable bonds is 7. The van der Waals surface area contributed by atoms with Crippen molar-refractivity contribution in [2.45, 2.75) is 45.9 Å². The Morgan fingerprint density at radius 3 is 2.50 bits per heavy atom. The number of amides is 3. The van der Waals surface area contributed by atoms with Gasteiger partial charge in [-0.2, -0.15) is 0 Å². The molecule has 7 nitrogen and oxygen atoms in total. The summed E-state index contributed by atoms with van der Waals surface area (Å²) >= 11 is 0. The second kappa shape index (κ2) is 9.43. The molecule has 1 aliphatic rings. The van der Waals surface area contributed by atoms with Crippen molar-refractivity contribution >= 4 is 23.6 Å². The first-order valence-electron chi connectivity index (χ1n) is 10.1. The van der Waals surface area contributed by atoms with E-state index in [0.717, 1.165) is 11.1 Å². The number of cyclic esters (lactones) is 1. The third kappa shape index (κ3) is 4.79. The Morgan fingerprint density at radius 1 is 1.10 bits per heavy atom. The van der Waals surface area contributed by atoms with Crippen LogP contribution in [0.4, 0.5) is 10.5 Å². The van der Waals surface area contributed by atoms with Gasteiger partial charge in [0.05, 0.1) is 6.54 Å². The number of carbonyl (C=O) groups excluding carboxylic acids is 3. The molecule has 30 heavy (non-hydrogen) atoms. The molecule has 0 radical (unpaired) electrons. The van der Waals surface area contributed by atoms with Crippen molar-refractivity contribution in [2.24, 2.45) is 0 Å². The molecule has 1 heterocycles. The average molecular weight is 409 g/mol. The molecule has 0 saturated carbocycles. The van der Waals surface area contributed by atoms with Gasteiger partial charge in [-0.1, -0.05) is 48.9 Å². The number of hydrogen-bond donors (Lipinski definition) is 2. The molecular formula is C23H27N3O4. The lowest BCUT2D eigenvalue weighted by atomic mass is 10.00. The highest BCUT2D eigenvalue weighted by atomic mass is 16.6. The van der Waals surface area contributed by atoms with E-state index in [1.807, 2.05) is 38.1 Å². The molecule has 0 aliphatic carbocycles. The van der Waals surface area contributed by atoms with E-state index in [1.165, 1.54) is 4.90 Å². The lowest BCUT2D eigenvalue weighted by molar-refractivity contribution is -0.126. The summed E-state index contributed by atoms with van der Waals surface area (Å²) in [5.41, 5.74) is 3.28. The predicted octanol–water partition coefficient (Wildman–Crippen LogP) is 3.54.